The van der Waals surface area contributed by atoms with E-state index in [1.54, 1.807) is 6.08 Å². The minimum absolute atomic E-state index is 0.0725. The van der Waals surface area contributed by atoms with Crippen LogP contribution in [0.2, 0.25) is 0 Å². The van der Waals surface area contributed by atoms with E-state index in [4.69, 9.17) is 4.74 Å². The fourth-order valence-electron chi connectivity index (χ4n) is 6.09. The van der Waals surface area contributed by atoms with Crippen LogP contribution in [-0.4, -0.2) is 46.9 Å². The Morgan fingerprint density at radius 3 is 1.55 bits per heavy atom. The lowest BCUT2D eigenvalue weighted by Crippen LogP contribution is -2.46. The number of unbranched alkanes of at least 4 members (excludes halogenated alkanes) is 14. The summed E-state index contributed by atoms with van der Waals surface area (Å²) in [5.74, 6) is -0.720. The summed E-state index contributed by atoms with van der Waals surface area (Å²) >= 11 is 0. The first-order valence-electron chi connectivity index (χ1n) is 22.3. The van der Waals surface area contributed by atoms with Gasteiger partial charge in [-0.1, -0.05) is 190 Å². The fourth-order valence-corrected chi connectivity index (χ4v) is 6.09. The molecule has 6 heteroatoms. The molecule has 0 aliphatic rings. The molecule has 0 saturated carbocycles. The molecule has 3 unspecified atom stereocenters. The second-order valence-corrected chi connectivity index (χ2v) is 14.7. The molecular formula is C49H83NO5. The second kappa shape index (κ2) is 42.2. The van der Waals surface area contributed by atoms with E-state index in [9.17, 15) is 19.8 Å². The number of carbonyl (C=O) groups excluding carboxylic acids is 2. The maximum atomic E-state index is 13.1. The molecule has 1 amide bonds. The maximum absolute atomic E-state index is 13.1. The molecule has 0 fully saturated rings. The Labute approximate surface area is 338 Å². The zero-order valence-corrected chi connectivity index (χ0v) is 35.5. The first-order chi connectivity index (χ1) is 27.0. The van der Waals surface area contributed by atoms with E-state index < -0.39 is 18.2 Å². The minimum atomic E-state index is -0.828. The van der Waals surface area contributed by atoms with Gasteiger partial charge in [-0.15, -0.1) is 0 Å². The van der Waals surface area contributed by atoms with Crippen molar-refractivity contribution in [1.82, 2.24) is 5.32 Å². The molecule has 0 spiro atoms. The quantitative estimate of drug-likeness (QED) is 0.0330. The van der Waals surface area contributed by atoms with Crippen LogP contribution in [0.1, 0.15) is 188 Å². The van der Waals surface area contributed by atoms with Crippen LogP contribution in [0, 0.1) is 0 Å². The Kier molecular flexibility index (Phi) is 39.9. The Hall–Kier alpha value is -2.96. The van der Waals surface area contributed by atoms with Gasteiger partial charge in [0.1, 0.15) is 6.10 Å². The van der Waals surface area contributed by atoms with Crippen molar-refractivity contribution in [1.29, 1.82) is 0 Å². The lowest BCUT2D eigenvalue weighted by Gasteiger charge is -2.23. The molecule has 0 heterocycles. The molecule has 0 aromatic carbocycles. The fraction of sp³-hybridized carbons (Fsp3) is 0.673. The number of aliphatic hydroxyl groups excluding tert-OH is 2. The third-order valence-corrected chi connectivity index (χ3v) is 9.47. The van der Waals surface area contributed by atoms with Crippen molar-refractivity contribution in [3.63, 3.8) is 0 Å². The SMILES string of the molecule is CC/C=C/C/C=C/C/C=C/C/C=C/C/C=C/C(CC(=O)NC(CO)C(O)CCCCCCCCCCC)OC(=O)CC/C=C/C/C=C\CCCCCCCC. The van der Waals surface area contributed by atoms with Crippen LogP contribution in [0.15, 0.2) is 85.1 Å². The zero-order valence-electron chi connectivity index (χ0n) is 35.5. The van der Waals surface area contributed by atoms with Gasteiger partial charge in [-0.2, -0.15) is 0 Å². The van der Waals surface area contributed by atoms with Crippen molar-refractivity contribution in [2.24, 2.45) is 0 Å². The van der Waals surface area contributed by atoms with Gasteiger partial charge in [0, 0.05) is 6.42 Å². The van der Waals surface area contributed by atoms with Gasteiger partial charge in [0.15, 0.2) is 0 Å². The molecule has 0 rings (SSSR count). The predicted octanol–water partition coefficient (Wildman–Crippen LogP) is 12.8. The van der Waals surface area contributed by atoms with Crippen LogP contribution >= 0.6 is 0 Å². The lowest BCUT2D eigenvalue weighted by atomic mass is 10.0. The first kappa shape index (κ1) is 52.0. The number of rotatable bonds is 38. The van der Waals surface area contributed by atoms with E-state index in [1.807, 2.05) is 12.2 Å². The summed E-state index contributed by atoms with van der Waals surface area (Å²) in [6.07, 6.45) is 54.0. The van der Waals surface area contributed by atoms with Crippen molar-refractivity contribution in [3.8, 4) is 0 Å². The van der Waals surface area contributed by atoms with Crippen LogP contribution in [0.4, 0.5) is 0 Å². The monoisotopic (exact) mass is 766 g/mol. The highest BCUT2D eigenvalue weighted by molar-refractivity contribution is 5.78. The number of esters is 1. The maximum Gasteiger partial charge on any atom is 0.306 e. The van der Waals surface area contributed by atoms with Crippen molar-refractivity contribution in [2.75, 3.05) is 6.61 Å². The van der Waals surface area contributed by atoms with E-state index >= 15 is 0 Å². The van der Waals surface area contributed by atoms with Gasteiger partial charge < -0.3 is 20.3 Å². The Morgan fingerprint density at radius 1 is 0.564 bits per heavy atom. The average Bonchev–Trinajstić information content (AvgIpc) is 3.18. The van der Waals surface area contributed by atoms with Gasteiger partial charge in [0.25, 0.3) is 0 Å². The molecule has 55 heavy (non-hydrogen) atoms. The van der Waals surface area contributed by atoms with E-state index in [1.165, 1.54) is 77.0 Å². The molecule has 0 bridgehead atoms. The van der Waals surface area contributed by atoms with E-state index in [0.717, 1.165) is 57.8 Å². The highest BCUT2D eigenvalue weighted by Gasteiger charge is 2.23. The molecule has 0 saturated heterocycles. The smallest absolute Gasteiger partial charge is 0.306 e. The largest absolute Gasteiger partial charge is 0.458 e. The summed E-state index contributed by atoms with van der Waals surface area (Å²) in [7, 11) is 0. The number of hydrogen-bond acceptors (Lipinski definition) is 5. The van der Waals surface area contributed by atoms with Gasteiger partial charge in [0.05, 0.1) is 25.2 Å². The molecule has 0 aromatic rings. The second-order valence-electron chi connectivity index (χ2n) is 14.7. The standard InChI is InChI=1S/C49H83NO5/c1-4-7-10-13-16-19-21-23-25-26-29-31-34-37-40-45(55-49(54)42-39-36-33-30-27-24-22-20-17-14-11-8-5-2)43-48(53)50-46(44-51)47(52)41-38-35-32-28-18-15-12-9-6-3/h7,10,16,19,23-25,27,29,31,33,36-37,40,45-47,51-52H,4-6,8-9,11-15,17-18,20-22,26,28,30,32,34-35,38-39,41-44H2,1-3H3,(H,50,53)/b10-7+,19-16+,25-23+,27-24-,31-29+,36-33+,40-37+. The van der Waals surface area contributed by atoms with Gasteiger partial charge in [0.2, 0.25) is 5.91 Å². The topological polar surface area (TPSA) is 95.9 Å². The Bertz CT molecular complexity index is 1080. The van der Waals surface area contributed by atoms with Crippen LogP contribution in [0.25, 0.3) is 0 Å². The van der Waals surface area contributed by atoms with Crippen molar-refractivity contribution in [2.45, 2.75) is 206 Å². The van der Waals surface area contributed by atoms with Crippen LogP contribution < -0.4 is 5.32 Å². The lowest BCUT2D eigenvalue weighted by molar-refractivity contribution is -0.148. The predicted molar refractivity (Wildman–Crippen MR) is 236 cm³/mol. The summed E-state index contributed by atoms with van der Waals surface area (Å²) in [5.41, 5.74) is 0. The number of hydrogen-bond donors (Lipinski definition) is 3. The zero-order chi connectivity index (χ0) is 40.3. The summed E-state index contributed by atoms with van der Waals surface area (Å²) in [6.45, 7) is 6.26. The van der Waals surface area contributed by atoms with Gasteiger partial charge in [-0.25, -0.2) is 0 Å². The van der Waals surface area contributed by atoms with Gasteiger partial charge in [-0.05, 0) is 70.3 Å². The van der Waals surface area contributed by atoms with Crippen LogP contribution in [0.5, 0.6) is 0 Å². The molecule has 0 radical (unpaired) electrons. The summed E-state index contributed by atoms with van der Waals surface area (Å²) < 4.78 is 5.75. The molecule has 0 aliphatic heterocycles. The summed E-state index contributed by atoms with van der Waals surface area (Å²) in [6, 6.07) is -0.753. The number of amides is 1. The molecule has 3 atom stereocenters. The molecule has 3 N–H and O–H groups in total. The highest BCUT2D eigenvalue weighted by atomic mass is 16.5. The number of nitrogens with one attached hydrogen (secondary N) is 1. The van der Waals surface area contributed by atoms with Crippen molar-refractivity contribution >= 4 is 11.9 Å². The molecule has 0 aliphatic carbocycles. The van der Waals surface area contributed by atoms with Gasteiger partial charge in [-0.3, -0.25) is 9.59 Å². The minimum Gasteiger partial charge on any atom is -0.458 e. The number of carbonyl (C=O) groups is 2. The third-order valence-electron chi connectivity index (χ3n) is 9.47. The van der Waals surface area contributed by atoms with Crippen LogP contribution in [-0.2, 0) is 14.3 Å². The Balaban J connectivity index is 4.89. The molecule has 6 nitrogen and oxygen atoms in total. The summed E-state index contributed by atoms with van der Waals surface area (Å²) in [5, 5.41) is 23.5. The van der Waals surface area contributed by atoms with Gasteiger partial charge >= 0.3 is 5.97 Å². The average molecular weight is 766 g/mol. The first-order valence-corrected chi connectivity index (χ1v) is 22.3. The highest BCUT2D eigenvalue weighted by Crippen LogP contribution is 2.14. The van der Waals surface area contributed by atoms with Crippen molar-refractivity contribution in [3.05, 3.63) is 85.1 Å². The number of aliphatic hydroxyl groups is 2. The molecular weight excluding hydrogens is 683 g/mol. The number of allylic oxidation sites excluding steroid dienone is 13. The van der Waals surface area contributed by atoms with E-state index in [0.29, 0.717) is 19.3 Å². The molecule has 0 aromatic heterocycles. The van der Waals surface area contributed by atoms with Crippen molar-refractivity contribution < 1.29 is 24.5 Å². The third kappa shape index (κ3) is 37.7. The van der Waals surface area contributed by atoms with E-state index in [2.05, 4.69) is 92.9 Å². The number of ether oxygens (including phenoxy) is 1. The normalized spacial score (nSPS) is 14.2. The molecule has 314 valence electrons. The Morgan fingerprint density at radius 2 is 1.02 bits per heavy atom. The summed E-state index contributed by atoms with van der Waals surface area (Å²) in [4.78, 5) is 25.8. The van der Waals surface area contributed by atoms with Crippen LogP contribution in [0.3, 0.4) is 0 Å². The van der Waals surface area contributed by atoms with E-state index in [-0.39, 0.29) is 31.3 Å².